The fraction of sp³-hybridized carbons (Fsp3) is 0.760. The van der Waals surface area contributed by atoms with Gasteiger partial charge < -0.3 is 4.74 Å². The van der Waals surface area contributed by atoms with E-state index in [2.05, 4.69) is 11.7 Å². The predicted molar refractivity (Wildman–Crippen MR) is 121 cm³/mol. The van der Waals surface area contributed by atoms with Crippen LogP contribution in [-0.4, -0.2) is 15.2 Å². The Bertz CT molecular complexity index is 662. The zero-order valence-electron chi connectivity index (χ0n) is 18.9. The minimum absolute atomic E-state index is 0.244. The summed E-state index contributed by atoms with van der Waals surface area (Å²) in [5, 5.41) is 0. The third kappa shape index (κ3) is 8.10. The largest absolute Gasteiger partial charge is 0.573 e. The van der Waals surface area contributed by atoms with Crippen LogP contribution in [0, 0.1) is 17.7 Å². The summed E-state index contributed by atoms with van der Waals surface area (Å²) in [6, 6.07) is 8.63. The van der Waals surface area contributed by atoms with E-state index in [1.165, 1.54) is 51.0 Å². The van der Waals surface area contributed by atoms with Gasteiger partial charge in [0, 0.05) is 8.80 Å². The van der Waals surface area contributed by atoms with Crippen molar-refractivity contribution in [3.05, 3.63) is 29.6 Å². The fourth-order valence-electron chi connectivity index (χ4n) is 5.85. The molecule has 1 aliphatic heterocycles. The Morgan fingerprint density at radius 1 is 0.935 bits per heavy atom. The Hall–Kier alpha value is -1.04. The molecular formula is C25H38F4OSi. The van der Waals surface area contributed by atoms with E-state index in [1.54, 1.807) is 24.2 Å². The molecule has 1 aliphatic carbocycles. The van der Waals surface area contributed by atoms with Gasteiger partial charge in [-0.1, -0.05) is 76.1 Å². The molecule has 6 heteroatoms. The van der Waals surface area contributed by atoms with E-state index in [4.69, 9.17) is 0 Å². The number of alkyl halides is 3. The number of rotatable bonds is 9. The van der Waals surface area contributed by atoms with E-state index in [0.717, 1.165) is 49.1 Å². The molecule has 2 aliphatic rings. The molecule has 0 aromatic heterocycles. The fourth-order valence-corrected chi connectivity index (χ4v) is 9.41. The van der Waals surface area contributed by atoms with Gasteiger partial charge >= 0.3 is 6.36 Å². The molecule has 0 amide bonds. The molecule has 0 unspecified atom stereocenters. The van der Waals surface area contributed by atoms with Crippen LogP contribution < -0.4 is 4.74 Å². The highest BCUT2D eigenvalue weighted by Gasteiger charge is 2.32. The van der Waals surface area contributed by atoms with Crippen LogP contribution in [0.1, 0.15) is 89.0 Å². The molecule has 3 rings (SSSR count). The summed E-state index contributed by atoms with van der Waals surface area (Å²) in [5.74, 6) is 0.305. The maximum Gasteiger partial charge on any atom is 0.573 e. The summed E-state index contributed by atoms with van der Waals surface area (Å²) >= 11 is 0. The zero-order valence-corrected chi connectivity index (χ0v) is 20.0. The minimum atomic E-state index is -4.86. The maximum absolute atomic E-state index is 14.0. The van der Waals surface area contributed by atoms with Gasteiger partial charge in [-0.05, 0) is 61.1 Å². The van der Waals surface area contributed by atoms with Crippen LogP contribution in [0.3, 0.4) is 0 Å². The van der Waals surface area contributed by atoms with Gasteiger partial charge in [-0.15, -0.1) is 13.2 Å². The predicted octanol–water partition coefficient (Wildman–Crippen LogP) is 8.61. The van der Waals surface area contributed by atoms with Crippen LogP contribution in [0.2, 0.25) is 18.1 Å². The molecule has 0 spiro atoms. The molecule has 2 fully saturated rings. The van der Waals surface area contributed by atoms with Gasteiger partial charge in [0.2, 0.25) is 0 Å². The molecule has 0 atom stereocenters. The van der Waals surface area contributed by atoms with E-state index >= 15 is 0 Å². The van der Waals surface area contributed by atoms with Crippen LogP contribution in [0.5, 0.6) is 5.75 Å². The number of benzene rings is 1. The molecule has 1 aromatic carbocycles. The maximum atomic E-state index is 14.0. The summed E-state index contributed by atoms with van der Waals surface area (Å²) in [6.07, 6.45) is 9.15. The Morgan fingerprint density at radius 2 is 1.55 bits per heavy atom. The Morgan fingerprint density at radius 3 is 2.10 bits per heavy atom. The third-order valence-corrected chi connectivity index (χ3v) is 11.3. The first kappa shape index (κ1) is 24.6. The number of hydrogen-bond donors (Lipinski definition) is 0. The smallest absolute Gasteiger partial charge is 0.403 e. The second-order valence-corrected chi connectivity index (χ2v) is 13.4. The highest BCUT2D eigenvalue weighted by molar-refractivity contribution is 6.58. The van der Waals surface area contributed by atoms with Crippen LogP contribution in [0.4, 0.5) is 17.6 Å². The van der Waals surface area contributed by atoms with Gasteiger partial charge in [0.1, 0.15) is 0 Å². The first-order chi connectivity index (χ1) is 14.8. The van der Waals surface area contributed by atoms with Crippen molar-refractivity contribution in [1.29, 1.82) is 0 Å². The van der Waals surface area contributed by atoms with E-state index < -0.39 is 17.9 Å². The number of hydrogen-bond acceptors (Lipinski definition) is 1. The molecule has 1 aromatic rings. The van der Waals surface area contributed by atoms with Crippen molar-refractivity contribution in [2.75, 3.05) is 0 Å². The van der Waals surface area contributed by atoms with Crippen molar-refractivity contribution in [2.24, 2.45) is 11.8 Å². The van der Waals surface area contributed by atoms with Crippen molar-refractivity contribution < 1.29 is 22.3 Å². The first-order valence-corrected chi connectivity index (χ1v) is 14.8. The molecular weight excluding hydrogens is 420 g/mol. The lowest BCUT2D eigenvalue weighted by atomic mass is 9.77. The number of ether oxygens (including phenoxy) is 1. The topological polar surface area (TPSA) is 9.23 Å². The average Bonchev–Trinajstić information content (AvgIpc) is 2.74. The van der Waals surface area contributed by atoms with Crippen LogP contribution in [0.25, 0.3) is 0 Å². The van der Waals surface area contributed by atoms with Gasteiger partial charge in [-0.25, -0.2) is 4.39 Å². The zero-order chi connectivity index (χ0) is 22.3. The molecule has 176 valence electrons. The molecule has 31 heavy (non-hydrogen) atoms. The SMILES string of the molecule is CCC[Si@H]1CC[C@H](CCCC[C@H]2CC[C@H](c3ccc(OC(F)(F)F)c(F)c3)CC2)CC1. The lowest BCUT2D eigenvalue weighted by Gasteiger charge is -2.30. The van der Waals surface area contributed by atoms with Gasteiger partial charge in [-0.2, -0.15) is 0 Å². The molecule has 1 heterocycles. The molecule has 0 bridgehead atoms. The molecule has 0 radical (unpaired) electrons. The highest BCUT2D eigenvalue weighted by atomic mass is 28.3. The summed E-state index contributed by atoms with van der Waals surface area (Å²) in [4.78, 5) is 0. The monoisotopic (exact) mass is 458 g/mol. The van der Waals surface area contributed by atoms with Gasteiger partial charge in [-0.3, -0.25) is 0 Å². The Labute approximate surface area is 186 Å². The van der Waals surface area contributed by atoms with Crippen molar-refractivity contribution in [3.8, 4) is 5.75 Å². The quantitative estimate of drug-likeness (QED) is 0.204. The van der Waals surface area contributed by atoms with Gasteiger partial charge in [0.25, 0.3) is 0 Å². The summed E-state index contributed by atoms with van der Waals surface area (Å²) in [5.41, 5.74) is 0.799. The molecule has 0 N–H and O–H groups in total. The summed E-state index contributed by atoms with van der Waals surface area (Å²) in [6.45, 7) is 2.33. The number of halogens is 4. The average molecular weight is 459 g/mol. The normalized spacial score (nSPS) is 27.3. The molecule has 1 saturated carbocycles. The summed E-state index contributed by atoms with van der Waals surface area (Å²) in [7, 11) is -0.358. The second kappa shape index (κ2) is 11.7. The van der Waals surface area contributed by atoms with Crippen molar-refractivity contribution in [2.45, 2.75) is 108 Å². The Kier molecular flexibility index (Phi) is 9.29. The van der Waals surface area contributed by atoms with Crippen molar-refractivity contribution in [1.82, 2.24) is 0 Å². The standard InChI is InChI=1S/C25H38F4OSi/c1-2-15-31-16-13-20(14-17-31)6-4-3-5-19-7-9-21(10-8-19)22-11-12-24(23(26)18-22)30-25(27,28)29/h11-12,18-21,31H,2-10,13-17H2,1H3/t19-,20-,21-,31-. The number of unbranched alkanes of at least 4 members (excludes halogenated alkanes) is 1. The Balaban J connectivity index is 1.32. The van der Waals surface area contributed by atoms with Gasteiger partial charge in [0.05, 0.1) is 0 Å². The molecule has 1 nitrogen and oxygen atoms in total. The lowest BCUT2D eigenvalue weighted by Crippen LogP contribution is -2.21. The van der Waals surface area contributed by atoms with E-state index in [9.17, 15) is 17.6 Å². The minimum Gasteiger partial charge on any atom is -0.403 e. The van der Waals surface area contributed by atoms with E-state index in [-0.39, 0.29) is 14.7 Å². The van der Waals surface area contributed by atoms with Crippen molar-refractivity contribution in [3.63, 3.8) is 0 Å². The van der Waals surface area contributed by atoms with Gasteiger partial charge in [0.15, 0.2) is 11.6 Å². The van der Waals surface area contributed by atoms with Crippen LogP contribution >= 0.6 is 0 Å². The molecule has 1 saturated heterocycles. The second-order valence-electron chi connectivity index (χ2n) is 9.92. The van der Waals surface area contributed by atoms with Crippen LogP contribution in [-0.2, 0) is 0 Å². The van der Waals surface area contributed by atoms with E-state index in [0.29, 0.717) is 0 Å². The van der Waals surface area contributed by atoms with Crippen molar-refractivity contribution >= 4 is 8.80 Å². The lowest BCUT2D eigenvalue weighted by molar-refractivity contribution is -0.275. The first-order valence-electron chi connectivity index (χ1n) is 12.4. The third-order valence-electron chi connectivity index (χ3n) is 7.64. The highest BCUT2D eigenvalue weighted by Crippen LogP contribution is 2.39. The van der Waals surface area contributed by atoms with Crippen LogP contribution in [0.15, 0.2) is 18.2 Å². The van der Waals surface area contributed by atoms with E-state index in [1.807, 2.05) is 0 Å². The summed E-state index contributed by atoms with van der Waals surface area (Å²) < 4.78 is 54.7.